The predicted octanol–water partition coefficient (Wildman–Crippen LogP) is 4.49. The molecule has 3 nitrogen and oxygen atoms in total. The van der Waals surface area contributed by atoms with Gasteiger partial charge in [0.1, 0.15) is 11.4 Å². The molecule has 0 saturated heterocycles. The van der Waals surface area contributed by atoms with E-state index in [-0.39, 0.29) is 11.3 Å². The highest BCUT2D eigenvalue weighted by molar-refractivity contribution is 5.91. The maximum absolute atomic E-state index is 12.2. The van der Waals surface area contributed by atoms with Crippen LogP contribution in [0.25, 0.3) is 0 Å². The molecule has 0 fully saturated rings. The molecule has 0 unspecified atom stereocenters. The van der Waals surface area contributed by atoms with Crippen LogP contribution in [-0.2, 0) is 11.2 Å². The summed E-state index contributed by atoms with van der Waals surface area (Å²) in [6.07, 6.45) is -3.61. The van der Waals surface area contributed by atoms with Gasteiger partial charge < -0.3 is 9.47 Å². The molecular weight excluding hydrogens is 285 g/mol. The van der Waals surface area contributed by atoms with Crippen LogP contribution >= 0.6 is 0 Å². The summed E-state index contributed by atoms with van der Waals surface area (Å²) in [7, 11) is 0. The van der Waals surface area contributed by atoms with Crippen molar-refractivity contribution in [1.29, 1.82) is 0 Å². The van der Waals surface area contributed by atoms with Crippen LogP contribution in [0.3, 0.4) is 0 Å². The van der Waals surface area contributed by atoms with Gasteiger partial charge in [-0.15, -0.1) is 13.2 Å². The molecule has 0 aliphatic carbocycles. The number of carbonyl (C=O) groups excluding carboxylic acids is 1. The molecule has 6 heteroatoms. The molecule has 0 radical (unpaired) electrons. The van der Waals surface area contributed by atoms with Crippen molar-refractivity contribution >= 4 is 5.97 Å². The summed E-state index contributed by atoms with van der Waals surface area (Å²) >= 11 is 0. The Labute approximate surface area is 122 Å². The number of hydrogen-bond donors (Lipinski definition) is 0. The first-order chi connectivity index (χ1) is 9.52. The van der Waals surface area contributed by atoms with E-state index in [1.54, 1.807) is 20.8 Å². The van der Waals surface area contributed by atoms with Gasteiger partial charge in [-0.05, 0) is 51.0 Å². The van der Waals surface area contributed by atoms with Crippen molar-refractivity contribution < 1.29 is 27.4 Å². The molecule has 0 spiro atoms. The topological polar surface area (TPSA) is 35.5 Å². The van der Waals surface area contributed by atoms with E-state index in [9.17, 15) is 18.0 Å². The zero-order valence-electron chi connectivity index (χ0n) is 12.5. The Kier molecular flexibility index (Phi) is 5.25. The molecule has 1 aromatic carbocycles. The quantitative estimate of drug-likeness (QED) is 0.769. The molecule has 0 N–H and O–H groups in total. The fraction of sp³-hybridized carbons (Fsp3) is 0.533. The zero-order chi connectivity index (χ0) is 16.3. The zero-order valence-corrected chi connectivity index (χ0v) is 12.5. The summed E-state index contributed by atoms with van der Waals surface area (Å²) < 4.78 is 45.8. The fourth-order valence-electron chi connectivity index (χ4n) is 1.78. The molecule has 0 atom stereocenters. The van der Waals surface area contributed by atoms with Crippen LogP contribution in [0.4, 0.5) is 13.2 Å². The molecule has 0 bridgehead atoms. The van der Waals surface area contributed by atoms with E-state index in [2.05, 4.69) is 4.74 Å². The Morgan fingerprint density at radius 3 is 2.29 bits per heavy atom. The first-order valence-electron chi connectivity index (χ1n) is 6.64. The van der Waals surface area contributed by atoms with Crippen molar-refractivity contribution in [3.05, 3.63) is 29.3 Å². The van der Waals surface area contributed by atoms with Crippen LogP contribution in [0.15, 0.2) is 18.2 Å². The molecule has 0 aromatic heterocycles. The molecule has 0 amide bonds. The third kappa shape index (κ3) is 6.06. The number of ether oxygens (including phenoxy) is 2. The second-order valence-electron chi connectivity index (χ2n) is 5.62. The molecule has 21 heavy (non-hydrogen) atoms. The molecule has 0 aliphatic heterocycles. The van der Waals surface area contributed by atoms with Gasteiger partial charge in [0.05, 0.1) is 5.56 Å². The first kappa shape index (κ1) is 17.3. The molecule has 0 saturated carbocycles. The lowest BCUT2D eigenvalue weighted by Gasteiger charge is -2.21. The Morgan fingerprint density at radius 1 is 1.19 bits per heavy atom. The van der Waals surface area contributed by atoms with Crippen molar-refractivity contribution in [3.63, 3.8) is 0 Å². The SMILES string of the molecule is CCCc1cc(OC(F)(F)F)ccc1C(=O)OC(C)(C)C. The number of rotatable bonds is 4. The highest BCUT2D eigenvalue weighted by Gasteiger charge is 2.31. The van der Waals surface area contributed by atoms with Crippen molar-refractivity contribution in [2.24, 2.45) is 0 Å². The molecule has 0 heterocycles. The van der Waals surface area contributed by atoms with E-state index in [0.717, 1.165) is 6.07 Å². The predicted molar refractivity (Wildman–Crippen MR) is 72.3 cm³/mol. The van der Waals surface area contributed by atoms with Crippen LogP contribution in [0, 0.1) is 0 Å². The van der Waals surface area contributed by atoms with E-state index >= 15 is 0 Å². The number of esters is 1. The van der Waals surface area contributed by atoms with Crippen molar-refractivity contribution in [2.75, 3.05) is 0 Å². The second-order valence-corrected chi connectivity index (χ2v) is 5.62. The maximum Gasteiger partial charge on any atom is 0.573 e. The molecule has 1 rings (SSSR count). The number of aryl methyl sites for hydroxylation is 1. The van der Waals surface area contributed by atoms with Gasteiger partial charge in [-0.2, -0.15) is 0 Å². The van der Waals surface area contributed by atoms with Gasteiger partial charge in [0.2, 0.25) is 0 Å². The normalized spacial score (nSPS) is 12.1. The van der Waals surface area contributed by atoms with Gasteiger partial charge in [-0.25, -0.2) is 4.79 Å². The first-order valence-corrected chi connectivity index (χ1v) is 6.64. The standard InChI is InChI=1S/C15H19F3O3/c1-5-6-10-9-11(20-15(16,17)18)7-8-12(10)13(19)21-14(2,3)4/h7-9H,5-6H2,1-4H3. The minimum Gasteiger partial charge on any atom is -0.456 e. The number of carbonyl (C=O) groups is 1. The van der Waals surface area contributed by atoms with Gasteiger partial charge in [-0.3, -0.25) is 0 Å². The Balaban J connectivity index is 3.07. The van der Waals surface area contributed by atoms with Crippen LogP contribution in [0.5, 0.6) is 5.75 Å². The minimum atomic E-state index is -4.75. The summed E-state index contributed by atoms with van der Waals surface area (Å²) in [6, 6.07) is 3.66. The minimum absolute atomic E-state index is 0.265. The molecular formula is C15H19F3O3. The monoisotopic (exact) mass is 304 g/mol. The average Bonchev–Trinajstić information content (AvgIpc) is 2.24. The van der Waals surface area contributed by atoms with E-state index in [1.807, 2.05) is 6.92 Å². The average molecular weight is 304 g/mol. The summed E-state index contributed by atoms with van der Waals surface area (Å²) in [5.41, 5.74) is 0.0802. The summed E-state index contributed by atoms with van der Waals surface area (Å²) in [6.45, 7) is 7.05. The lowest BCUT2D eigenvalue weighted by Crippen LogP contribution is -2.24. The third-order valence-corrected chi connectivity index (χ3v) is 2.45. The fourth-order valence-corrected chi connectivity index (χ4v) is 1.78. The third-order valence-electron chi connectivity index (χ3n) is 2.45. The second kappa shape index (κ2) is 6.37. The molecule has 118 valence electrons. The Morgan fingerprint density at radius 2 is 1.81 bits per heavy atom. The van der Waals surface area contributed by atoms with Crippen molar-refractivity contribution in [3.8, 4) is 5.75 Å². The van der Waals surface area contributed by atoms with E-state index in [1.165, 1.54) is 12.1 Å². The molecule has 1 aromatic rings. The lowest BCUT2D eigenvalue weighted by atomic mass is 10.0. The Bertz CT molecular complexity index is 502. The smallest absolute Gasteiger partial charge is 0.456 e. The van der Waals surface area contributed by atoms with Crippen LogP contribution in [-0.4, -0.2) is 17.9 Å². The maximum atomic E-state index is 12.2. The van der Waals surface area contributed by atoms with Crippen LogP contribution < -0.4 is 4.74 Å². The number of benzene rings is 1. The van der Waals surface area contributed by atoms with E-state index in [0.29, 0.717) is 18.4 Å². The number of alkyl halides is 3. The summed E-state index contributed by atoms with van der Waals surface area (Å²) in [5.74, 6) is -0.886. The summed E-state index contributed by atoms with van der Waals surface area (Å²) in [5, 5.41) is 0. The van der Waals surface area contributed by atoms with Gasteiger partial charge in [0.25, 0.3) is 0 Å². The number of halogens is 3. The van der Waals surface area contributed by atoms with Crippen LogP contribution in [0.2, 0.25) is 0 Å². The highest BCUT2D eigenvalue weighted by Crippen LogP contribution is 2.26. The van der Waals surface area contributed by atoms with Gasteiger partial charge in [0.15, 0.2) is 0 Å². The Hall–Kier alpha value is -1.72. The van der Waals surface area contributed by atoms with Crippen LogP contribution in [0.1, 0.15) is 50.0 Å². The summed E-state index contributed by atoms with van der Waals surface area (Å²) in [4.78, 5) is 12.1. The van der Waals surface area contributed by atoms with E-state index < -0.39 is 17.9 Å². The van der Waals surface area contributed by atoms with Crippen molar-refractivity contribution in [2.45, 2.75) is 52.5 Å². The largest absolute Gasteiger partial charge is 0.573 e. The lowest BCUT2D eigenvalue weighted by molar-refractivity contribution is -0.274. The van der Waals surface area contributed by atoms with Gasteiger partial charge >= 0.3 is 12.3 Å². The highest BCUT2D eigenvalue weighted by atomic mass is 19.4. The van der Waals surface area contributed by atoms with Gasteiger partial charge in [-0.1, -0.05) is 13.3 Å². The van der Waals surface area contributed by atoms with Crippen molar-refractivity contribution in [1.82, 2.24) is 0 Å². The van der Waals surface area contributed by atoms with Gasteiger partial charge in [0, 0.05) is 0 Å². The number of hydrogen-bond acceptors (Lipinski definition) is 3. The van der Waals surface area contributed by atoms with E-state index in [4.69, 9.17) is 4.74 Å². The molecule has 0 aliphatic rings.